The number of rotatable bonds is 8. The van der Waals surface area contributed by atoms with Crippen molar-refractivity contribution in [1.29, 1.82) is 0 Å². The third-order valence-corrected chi connectivity index (χ3v) is 3.79. The van der Waals surface area contributed by atoms with Crippen LogP contribution in [0.2, 0.25) is 0 Å². The zero-order chi connectivity index (χ0) is 13.5. The van der Waals surface area contributed by atoms with E-state index in [1.54, 1.807) is 11.3 Å². The van der Waals surface area contributed by atoms with Crippen LogP contribution in [0.3, 0.4) is 0 Å². The van der Waals surface area contributed by atoms with E-state index >= 15 is 0 Å². The first kappa shape index (κ1) is 14.3. The maximum absolute atomic E-state index is 5.57. The number of nitrogens with one attached hydrogen (secondary N) is 1. The minimum Gasteiger partial charge on any atom is -0.465 e. The Kier molecular flexibility index (Phi) is 5.63. The lowest BCUT2D eigenvalue weighted by molar-refractivity contribution is 0.291. The average molecular weight is 278 g/mol. The number of furan rings is 1. The molecule has 1 N–H and O–H groups in total. The first-order chi connectivity index (χ1) is 9.24. The van der Waals surface area contributed by atoms with Crippen LogP contribution < -0.4 is 5.32 Å². The van der Waals surface area contributed by atoms with Crippen LogP contribution in [0.25, 0.3) is 0 Å². The van der Waals surface area contributed by atoms with Crippen molar-refractivity contribution in [3.8, 4) is 0 Å². The monoisotopic (exact) mass is 278 g/mol. The first-order valence-electron chi connectivity index (χ1n) is 6.69. The molecular weight excluding hydrogens is 256 g/mol. The molecule has 0 atom stereocenters. The van der Waals surface area contributed by atoms with Gasteiger partial charge in [-0.15, -0.1) is 0 Å². The molecule has 0 spiro atoms. The Balaban J connectivity index is 1.55. The number of aryl methyl sites for hydroxylation is 1. The molecule has 0 saturated heterocycles. The summed E-state index contributed by atoms with van der Waals surface area (Å²) in [7, 11) is 2.12. The molecule has 0 amide bonds. The van der Waals surface area contributed by atoms with Crippen LogP contribution in [0.1, 0.15) is 17.1 Å². The van der Waals surface area contributed by atoms with Gasteiger partial charge in [0.25, 0.3) is 0 Å². The van der Waals surface area contributed by atoms with Crippen LogP contribution >= 0.6 is 11.3 Å². The highest BCUT2D eigenvalue weighted by Gasteiger charge is 2.03. The Bertz CT molecular complexity index is 464. The Hall–Kier alpha value is -1.10. The summed E-state index contributed by atoms with van der Waals surface area (Å²) >= 11 is 1.77. The molecule has 2 aromatic heterocycles. The van der Waals surface area contributed by atoms with E-state index in [4.69, 9.17) is 4.42 Å². The van der Waals surface area contributed by atoms with Crippen LogP contribution in [0.4, 0.5) is 0 Å². The van der Waals surface area contributed by atoms with Crippen LogP contribution in [-0.2, 0) is 13.0 Å². The van der Waals surface area contributed by atoms with Gasteiger partial charge < -0.3 is 9.73 Å². The first-order valence-corrected chi connectivity index (χ1v) is 7.64. The molecule has 0 unspecified atom stereocenters. The van der Waals surface area contributed by atoms with Crippen molar-refractivity contribution >= 4 is 11.3 Å². The highest BCUT2D eigenvalue weighted by Crippen LogP contribution is 2.08. The molecule has 2 aromatic rings. The molecule has 0 bridgehead atoms. The van der Waals surface area contributed by atoms with E-state index in [2.05, 4.69) is 40.2 Å². The van der Waals surface area contributed by atoms with Gasteiger partial charge in [-0.25, -0.2) is 0 Å². The second kappa shape index (κ2) is 7.48. The van der Waals surface area contributed by atoms with Crippen LogP contribution in [0.5, 0.6) is 0 Å². The van der Waals surface area contributed by atoms with Gasteiger partial charge in [0, 0.05) is 13.1 Å². The molecule has 0 aliphatic heterocycles. The number of nitrogens with zero attached hydrogens (tertiary/aromatic N) is 1. The van der Waals surface area contributed by atoms with Gasteiger partial charge in [-0.1, -0.05) is 0 Å². The predicted molar refractivity (Wildman–Crippen MR) is 80.7 cm³/mol. The smallest absolute Gasteiger partial charge is 0.118 e. The lowest BCUT2D eigenvalue weighted by Gasteiger charge is -2.15. The van der Waals surface area contributed by atoms with E-state index in [-0.39, 0.29) is 0 Å². The maximum atomic E-state index is 5.57. The number of likely N-dealkylation sites (N-methyl/N-ethyl adjacent to an activating group) is 1. The van der Waals surface area contributed by atoms with Gasteiger partial charge in [0.15, 0.2) is 0 Å². The van der Waals surface area contributed by atoms with Crippen LogP contribution in [0, 0.1) is 6.92 Å². The highest BCUT2D eigenvalue weighted by atomic mass is 32.1. The predicted octanol–water partition coefficient (Wildman–Crippen LogP) is 2.91. The highest BCUT2D eigenvalue weighted by molar-refractivity contribution is 7.07. The SMILES string of the molecule is Cc1ccc(CN(C)CCNCCc2ccsc2)o1. The minimum absolute atomic E-state index is 0.875. The molecule has 2 heterocycles. The van der Waals surface area contributed by atoms with E-state index in [1.807, 2.05) is 13.0 Å². The van der Waals surface area contributed by atoms with Crippen molar-refractivity contribution in [3.63, 3.8) is 0 Å². The summed E-state index contributed by atoms with van der Waals surface area (Å²) < 4.78 is 5.57. The molecule has 0 fully saturated rings. The molecule has 0 aliphatic carbocycles. The average Bonchev–Trinajstić information content (AvgIpc) is 3.01. The zero-order valence-electron chi connectivity index (χ0n) is 11.7. The largest absolute Gasteiger partial charge is 0.465 e. The fourth-order valence-electron chi connectivity index (χ4n) is 1.98. The van der Waals surface area contributed by atoms with E-state index in [9.17, 15) is 0 Å². The Morgan fingerprint density at radius 1 is 1.26 bits per heavy atom. The van der Waals surface area contributed by atoms with Gasteiger partial charge in [0.2, 0.25) is 0 Å². The summed E-state index contributed by atoms with van der Waals surface area (Å²) in [6, 6.07) is 6.26. The van der Waals surface area contributed by atoms with Gasteiger partial charge >= 0.3 is 0 Å². The quantitative estimate of drug-likeness (QED) is 0.753. The molecule has 2 rings (SSSR count). The van der Waals surface area contributed by atoms with E-state index in [0.717, 1.165) is 44.1 Å². The Labute approximate surface area is 119 Å². The van der Waals surface area contributed by atoms with Gasteiger partial charge in [-0.3, -0.25) is 4.90 Å². The maximum Gasteiger partial charge on any atom is 0.118 e. The molecule has 19 heavy (non-hydrogen) atoms. The molecule has 0 saturated carbocycles. The molecule has 3 nitrogen and oxygen atoms in total. The van der Waals surface area contributed by atoms with Crippen LogP contribution in [-0.4, -0.2) is 31.6 Å². The van der Waals surface area contributed by atoms with Crippen molar-refractivity contribution < 1.29 is 4.42 Å². The Morgan fingerprint density at radius 3 is 2.84 bits per heavy atom. The number of hydrogen-bond donors (Lipinski definition) is 1. The van der Waals surface area contributed by atoms with Crippen molar-refractivity contribution in [3.05, 3.63) is 46.0 Å². The summed E-state index contributed by atoms with van der Waals surface area (Å²) in [6.45, 7) is 5.95. The fraction of sp³-hybridized carbons (Fsp3) is 0.467. The standard InChI is InChI=1S/C15H22N2OS/c1-13-3-4-15(18-13)11-17(2)9-8-16-7-5-14-6-10-19-12-14/h3-4,6,10,12,16H,5,7-9,11H2,1-2H3. The molecule has 0 radical (unpaired) electrons. The molecule has 0 aromatic carbocycles. The molecule has 104 valence electrons. The van der Waals surface area contributed by atoms with E-state index in [1.165, 1.54) is 5.56 Å². The molecule has 4 heteroatoms. The van der Waals surface area contributed by atoms with Crippen molar-refractivity contribution in [1.82, 2.24) is 10.2 Å². The van der Waals surface area contributed by atoms with Crippen LogP contribution in [0.15, 0.2) is 33.4 Å². The third-order valence-electron chi connectivity index (χ3n) is 3.06. The summed E-state index contributed by atoms with van der Waals surface area (Å²) in [5.41, 5.74) is 1.43. The van der Waals surface area contributed by atoms with Crippen molar-refractivity contribution in [2.45, 2.75) is 19.9 Å². The summed E-state index contributed by atoms with van der Waals surface area (Å²) in [6.07, 6.45) is 1.12. The van der Waals surface area contributed by atoms with Crippen molar-refractivity contribution in [2.24, 2.45) is 0 Å². The third kappa shape index (κ3) is 5.19. The molecule has 0 aliphatic rings. The second-order valence-corrected chi connectivity index (χ2v) is 5.66. The number of hydrogen-bond acceptors (Lipinski definition) is 4. The van der Waals surface area contributed by atoms with Gasteiger partial charge in [-0.2, -0.15) is 11.3 Å². The van der Waals surface area contributed by atoms with Gasteiger partial charge in [0.1, 0.15) is 11.5 Å². The van der Waals surface area contributed by atoms with Gasteiger partial charge in [0.05, 0.1) is 6.54 Å². The lowest BCUT2D eigenvalue weighted by Crippen LogP contribution is -2.29. The Morgan fingerprint density at radius 2 is 2.16 bits per heavy atom. The van der Waals surface area contributed by atoms with Gasteiger partial charge in [-0.05, 0) is 61.5 Å². The van der Waals surface area contributed by atoms with E-state index in [0.29, 0.717) is 0 Å². The van der Waals surface area contributed by atoms with Crippen molar-refractivity contribution in [2.75, 3.05) is 26.7 Å². The number of thiophene rings is 1. The minimum atomic E-state index is 0.875. The topological polar surface area (TPSA) is 28.4 Å². The second-order valence-electron chi connectivity index (χ2n) is 4.88. The normalized spacial score (nSPS) is 11.3. The van der Waals surface area contributed by atoms with E-state index < -0.39 is 0 Å². The lowest BCUT2D eigenvalue weighted by atomic mass is 10.2. The zero-order valence-corrected chi connectivity index (χ0v) is 12.5. The summed E-state index contributed by atoms with van der Waals surface area (Å²) in [4.78, 5) is 2.27. The summed E-state index contributed by atoms with van der Waals surface area (Å²) in [5, 5.41) is 7.83. The fourth-order valence-corrected chi connectivity index (χ4v) is 2.68. The summed E-state index contributed by atoms with van der Waals surface area (Å²) in [5.74, 6) is 2.02. The molecular formula is C15H22N2OS.